The van der Waals surface area contributed by atoms with E-state index in [1.165, 1.54) is 17.0 Å². The van der Waals surface area contributed by atoms with Gasteiger partial charge in [-0.25, -0.2) is 0 Å². The molecule has 0 radical (unpaired) electrons. The summed E-state index contributed by atoms with van der Waals surface area (Å²) in [6.07, 6.45) is -4.82. The zero-order valence-electron chi connectivity index (χ0n) is 21.8. The molecule has 2 amide bonds. The molecule has 3 aromatic rings. The van der Waals surface area contributed by atoms with Gasteiger partial charge in [-0.1, -0.05) is 62.1 Å². The van der Waals surface area contributed by atoms with Crippen LogP contribution in [0.4, 0.5) is 18.9 Å². The summed E-state index contributed by atoms with van der Waals surface area (Å²) in [7, 11) is 0. The van der Waals surface area contributed by atoms with Gasteiger partial charge >= 0.3 is 6.18 Å². The molecule has 39 heavy (non-hydrogen) atoms. The Balaban J connectivity index is 1.93. The van der Waals surface area contributed by atoms with Crippen molar-refractivity contribution in [3.63, 3.8) is 0 Å². The maximum Gasteiger partial charge on any atom is 0.416 e. The lowest BCUT2D eigenvalue weighted by Gasteiger charge is -2.26. The molecule has 6 nitrogen and oxygen atoms in total. The third-order valence-corrected chi connectivity index (χ3v) is 7.06. The fourth-order valence-corrected chi connectivity index (χ4v) is 4.96. The number of carbonyl (C=O) groups is 2. The number of aliphatic hydroxyl groups is 1. The monoisotopic (exact) mass is 537 g/mol. The number of hydrogen-bond acceptors (Lipinski definition) is 4. The minimum Gasteiger partial charge on any atom is -0.372 e. The van der Waals surface area contributed by atoms with Crippen molar-refractivity contribution in [2.75, 3.05) is 31.1 Å². The van der Waals surface area contributed by atoms with Crippen molar-refractivity contribution >= 4 is 28.3 Å². The van der Waals surface area contributed by atoms with E-state index in [4.69, 9.17) is 5.73 Å². The highest BCUT2D eigenvalue weighted by atomic mass is 19.4. The molecule has 0 aromatic heterocycles. The van der Waals surface area contributed by atoms with Crippen molar-refractivity contribution in [3.05, 3.63) is 76.9 Å². The van der Waals surface area contributed by atoms with Crippen LogP contribution in [-0.4, -0.2) is 48.0 Å². The van der Waals surface area contributed by atoms with Gasteiger partial charge in [-0.15, -0.1) is 0 Å². The Hall–Kier alpha value is -3.87. The van der Waals surface area contributed by atoms with Crippen LogP contribution in [0.1, 0.15) is 48.9 Å². The van der Waals surface area contributed by atoms with Crippen molar-refractivity contribution in [1.29, 1.82) is 0 Å². The number of likely N-dealkylation sites (N-methyl/N-ethyl adjacent to an activating group) is 1. The Morgan fingerprint density at radius 3 is 2.41 bits per heavy atom. The lowest BCUT2D eigenvalue weighted by atomic mass is 9.83. The van der Waals surface area contributed by atoms with Gasteiger partial charge in [0.25, 0.3) is 5.91 Å². The Kier molecular flexibility index (Phi) is 8.00. The summed E-state index contributed by atoms with van der Waals surface area (Å²) < 4.78 is 43.6. The van der Waals surface area contributed by atoms with Gasteiger partial charge in [-0.2, -0.15) is 13.2 Å². The zero-order valence-corrected chi connectivity index (χ0v) is 21.8. The first kappa shape index (κ1) is 28.1. The van der Waals surface area contributed by atoms with Gasteiger partial charge in [0.05, 0.1) is 11.3 Å². The Morgan fingerprint density at radius 2 is 1.77 bits per heavy atom. The molecule has 0 saturated heterocycles. The first-order valence-electron chi connectivity index (χ1n) is 12.8. The summed E-state index contributed by atoms with van der Waals surface area (Å²) in [6, 6.07) is 14.2. The number of anilines is 1. The average molecular weight is 538 g/mol. The maximum atomic E-state index is 14.5. The molecule has 0 bridgehead atoms. The second-order valence-corrected chi connectivity index (χ2v) is 9.44. The number of primary amides is 1. The quantitative estimate of drug-likeness (QED) is 0.417. The van der Waals surface area contributed by atoms with E-state index in [2.05, 4.69) is 11.8 Å². The molecule has 1 unspecified atom stereocenters. The van der Waals surface area contributed by atoms with Gasteiger partial charge in [0.2, 0.25) is 5.91 Å². The first-order chi connectivity index (χ1) is 18.5. The second-order valence-electron chi connectivity index (χ2n) is 9.44. The lowest BCUT2D eigenvalue weighted by Crippen LogP contribution is -2.44. The van der Waals surface area contributed by atoms with Crippen LogP contribution in [0.25, 0.3) is 10.8 Å². The van der Waals surface area contributed by atoms with Gasteiger partial charge in [-0.05, 0) is 47.6 Å². The van der Waals surface area contributed by atoms with E-state index in [1.54, 1.807) is 24.3 Å². The van der Waals surface area contributed by atoms with E-state index in [0.717, 1.165) is 11.5 Å². The molecule has 1 aliphatic rings. The van der Waals surface area contributed by atoms with Crippen LogP contribution in [0.3, 0.4) is 0 Å². The number of alkyl halides is 3. The SMILES string of the molecule is CCN(CC)CCN1C(=O)C(O)(c2ccc3ccccc3c2)c2c1cc(C#CCCC(N)=O)cc2C(F)(F)F. The molecule has 1 heterocycles. The first-order valence-corrected chi connectivity index (χ1v) is 12.8. The number of nitrogens with zero attached hydrogens (tertiary/aromatic N) is 2. The number of halogens is 3. The molecule has 0 saturated carbocycles. The minimum absolute atomic E-state index is 0.0222. The van der Waals surface area contributed by atoms with Crippen molar-refractivity contribution in [2.24, 2.45) is 5.73 Å². The third kappa shape index (κ3) is 5.49. The molecule has 0 aliphatic carbocycles. The number of nitrogens with two attached hydrogens (primary N) is 1. The van der Waals surface area contributed by atoms with Crippen molar-refractivity contribution in [3.8, 4) is 11.8 Å². The summed E-state index contributed by atoms with van der Waals surface area (Å²) in [5, 5.41) is 13.5. The number of fused-ring (bicyclic) bond motifs is 2. The fraction of sp³-hybridized carbons (Fsp3) is 0.333. The van der Waals surface area contributed by atoms with Crippen LogP contribution in [0.5, 0.6) is 0 Å². The summed E-state index contributed by atoms with van der Waals surface area (Å²) in [4.78, 5) is 28.2. The number of amides is 2. The molecule has 3 aromatic carbocycles. The van der Waals surface area contributed by atoms with E-state index in [9.17, 15) is 27.9 Å². The van der Waals surface area contributed by atoms with Gasteiger partial charge < -0.3 is 20.6 Å². The number of benzene rings is 3. The van der Waals surface area contributed by atoms with Gasteiger partial charge in [-0.3, -0.25) is 9.59 Å². The molecular weight excluding hydrogens is 507 g/mol. The van der Waals surface area contributed by atoms with Crippen LogP contribution in [0.2, 0.25) is 0 Å². The fourth-order valence-electron chi connectivity index (χ4n) is 4.96. The zero-order chi connectivity index (χ0) is 28.4. The smallest absolute Gasteiger partial charge is 0.372 e. The maximum absolute atomic E-state index is 14.5. The van der Waals surface area contributed by atoms with Crippen LogP contribution in [0, 0.1) is 11.8 Å². The lowest BCUT2D eigenvalue weighted by molar-refractivity contribution is -0.142. The normalized spacial score (nSPS) is 16.9. The molecule has 1 aliphatic heterocycles. The van der Waals surface area contributed by atoms with Crippen LogP contribution < -0.4 is 10.6 Å². The predicted molar refractivity (Wildman–Crippen MR) is 144 cm³/mol. The van der Waals surface area contributed by atoms with E-state index >= 15 is 0 Å². The highest BCUT2D eigenvalue weighted by molar-refractivity contribution is 6.10. The summed E-state index contributed by atoms with van der Waals surface area (Å²) in [5.74, 6) is 3.94. The number of carbonyl (C=O) groups excluding carboxylic acids is 2. The highest BCUT2D eigenvalue weighted by Gasteiger charge is 2.55. The molecule has 0 fully saturated rings. The number of hydrogen-bond donors (Lipinski definition) is 2. The highest BCUT2D eigenvalue weighted by Crippen LogP contribution is 2.50. The van der Waals surface area contributed by atoms with Gasteiger partial charge in [0.1, 0.15) is 0 Å². The van der Waals surface area contributed by atoms with Crippen molar-refractivity contribution in [1.82, 2.24) is 4.90 Å². The third-order valence-electron chi connectivity index (χ3n) is 7.06. The molecule has 3 N–H and O–H groups in total. The van der Waals surface area contributed by atoms with Crippen molar-refractivity contribution < 1.29 is 27.9 Å². The van der Waals surface area contributed by atoms with Crippen LogP contribution in [0.15, 0.2) is 54.6 Å². The minimum atomic E-state index is -4.88. The van der Waals surface area contributed by atoms with Crippen LogP contribution in [-0.2, 0) is 21.4 Å². The summed E-state index contributed by atoms with van der Waals surface area (Å²) in [6.45, 7) is 5.78. The second kappa shape index (κ2) is 11.1. The standard InChI is InChI=1S/C30H30F3N3O3/c1-3-35(4-2)15-16-36-25-18-20(9-5-8-12-26(34)37)17-24(30(31,32)33)27(25)29(39,28(36)38)23-14-13-21-10-6-7-11-22(21)19-23/h6-7,10-11,13-14,17-19,39H,3-4,8,12,15-16H2,1-2H3,(H2,34,37). The van der Waals surface area contributed by atoms with E-state index in [1.807, 2.05) is 30.9 Å². The van der Waals surface area contributed by atoms with E-state index < -0.39 is 34.7 Å². The predicted octanol–water partition coefficient (Wildman–Crippen LogP) is 4.40. The summed E-state index contributed by atoms with van der Waals surface area (Å²) in [5.41, 5.74) is 0.996. The van der Waals surface area contributed by atoms with Gasteiger partial charge in [0, 0.05) is 37.1 Å². The molecule has 4 rings (SSSR count). The van der Waals surface area contributed by atoms with E-state index in [0.29, 0.717) is 25.0 Å². The van der Waals surface area contributed by atoms with Crippen molar-refractivity contribution in [2.45, 2.75) is 38.5 Å². The topological polar surface area (TPSA) is 86.9 Å². The molecule has 9 heteroatoms. The van der Waals surface area contributed by atoms with Crippen LogP contribution >= 0.6 is 0 Å². The van der Waals surface area contributed by atoms with Gasteiger partial charge in [0.15, 0.2) is 5.60 Å². The largest absolute Gasteiger partial charge is 0.416 e. The molecule has 1 atom stereocenters. The Morgan fingerprint density at radius 1 is 1.08 bits per heavy atom. The average Bonchev–Trinajstić information content (AvgIpc) is 3.12. The summed E-state index contributed by atoms with van der Waals surface area (Å²) >= 11 is 0. The molecular formula is C30H30F3N3O3. The molecule has 204 valence electrons. The Labute approximate surface area is 225 Å². The van der Waals surface area contributed by atoms with E-state index in [-0.39, 0.29) is 36.2 Å². The number of rotatable bonds is 8. The Bertz CT molecular complexity index is 1470. The molecule has 0 spiro atoms.